The van der Waals surface area contributed by atoms with Crippen LogP contribution in [0.3, 0.4) is 0 Å². The highest BCUT2D eigenvalue weighted by Gasteiger charge is 2.03. The van der Waals surface area contributed by atoms with E-state index >= 15 is 0 Å². The summed E-state index contributed by atoms with van der Waals surface area (Å²) in [7, 11) is 0. The third-order valence-corrected chi connectivity index (χ3v) is 2.82. The van der Waals surface area contributed by atoms with E-state index in [1.54, 1.807) is 6.33 Å². The zero-order chi connectivity index (χ0) is 12.4. The lowest BCUT2D eigenvalue weighted by atomic mass is 10.2. The second kappa shape index (κ2) is 4.45. The lowest BCUT2D eigenvalue weighted by Crippen LogP contribution is -1.93. The molecule has 3 rings (SSSR count). The maximum absolute atomic E-state index is 4.42. The van der Waals surface area contributed by atoms with Crippen molar-refractivity contribution in [3.63, 3.8) is 0 Å². The van der Waals surface area contributed by atoms with Gasteiger partial charge in [0.05, 0.1) is 5.69 Å². The van der Waals surface area contributed by atoms with Crippen molar-refractivity contribution in [2.75, 3.05) is 0 Å². The van der Waals surface area contributed by atoms with E-state index in [9.17, 15) is 0 Å². The molecule has 18 heavy (non-hydrogen) atoms. The third-order valence-electron chi connectivity index (χ3n) is 2.82. The van der Waals surface area contributed by atoms with E-state index < -0.39 is 0 Å². The number of aromatic nitrogens is 3. The summed E-state index contributed by atoms with van der Waals surface area (Å²) in [6.07, 6.45) is 5.61. The van der Waals surface area contributed by atoms with Crippen LogP contribution in [-0.4, -0.2) is 14.5 Å². The minimum absolute atomic E-state index is 0.893. The van der Waals surface area contributed by atoms with E-state index in [4.69, 9.17) is 0 Å². The number of imidazole rings is 1. The zero-order valence-electron chi connectivity index (χ0n) is 10.1. The lowest BCUT2D eigenvalue weighted by molar-refractivity contribution is 0.988. The van der Waals surface area contributed by atoms with Crippen LogP contribution < -0.4 is 0 Å². The third kappa shape index (κ3) is 2.02. The summed E-state index contributed by atoms with van der Waals surface area (Å²) in [6, 6.07) is 14.2. The van der Waals surface area contributed by atoms with Crippen LogP contribution in [0.5, 0.6) is 0 Å². The molecule has 0 radical (unpaired) electrons. The van der Waals surface area contributed by atoms with Crippen molar-refractivity contribution in [2.45, 2.75) is 6.92 Å². The van der Waals surface area contributed by atoms with Gasteiger partial charge in [0, 0.05) is 18.0 Å². The molecule has 3 aromatic rings. The Bertz CT molecular complexity index is 656. The summed E-state index contributed by atoms with van der Waals surface area (Å²) in [5.41, 5.74) is 3.26. The molecule has 0 atom stereocenters. The van der Waals surface area contributed by atoms with Crippen molar-refractivity contribution in [1.29, 1.82) is 0 Å². The summed E-state index contributed by atoms with van der Waals surface area (Å²) in [4.78, 5) is 8.76. The Morgan fingerprint density at radius 1 is 1.00 bits per heavy atom. The molecular weight excluding hydrogens is 222 g/mol. The van der Waals surface area contributed by atoms with Gasteiger partial charge in [0.15, 0.2) is 0 Å². The normalized spacial score (nSPS) is 10.5. The molecule has 2 heterocycles. The Balaban J connectivity index is 2.00. The van der Waals surface area contributed by atoms with Gasteiger partial charge in [-0.3, -0.25) is 4.57 Å². The number of pyridine rings is 1. The first-order chi connectivity index (χ1) is 8.83. The van der Waals surface area contributed by atoms with Gasteiger partial charge in [-0.05, 0) is 24.6 Å². The molecule has 0 saturated carbocycles. The summed E-state index contributed by atoms with van der Waals surface area (Å²) in [6.45, 7) is 2.06. The van der Waals surface area contributed by atoms with E-state index in [0.29, 0.717) is 0 Å². The van der Waals surface area contributed by atoms with E-state index in [2.05, 4.69) is 29.0 Å². The molecule has 3 nitrogen and oxygen atoms in total. The van der Waals surface area contributed by atoms with Crippen LogP contribution in [0, 0.1) is 6.92 Å². The average molecular weight is 235 g/mol. The van der Waals surface area contributed by atoms with E-state index in [0.717, 1.165) is 17.1 Å². The fraction of sp³-hybridized carbons (Fsp3) is 0.0667. The van der Waals surface area contributed by atoms with Crippen molar-refractivity contribution in [3.05, 3.63) is 66.7 Å². The van der Waals surface area contributed by atoms with Crippen molar-refractivity contribution >= 4 is 0 Å². The fourth-order valence-corrected chi connectivity index (χ4v) is 1.87. The van der Waals surface area contributed by atoms with E-state index in [-0.39, 0.29) is 0 Å². The van der Waals surface area contributed by atoms with Gasteiger partial charge in [-0.1, -0.05) is 30.3 Å². The van der Waals surface area contributed by atoms with Gasteiger partial charge >= 0.3 is 0 Å². The molecular formula is C15H13N3. The summed E-state index contributed by atoms with van der Waals surface area (Å²) in [5, 5.41) is 0. The topological polar surface area (TPSA) is 30.7 Å². The minimum atomic E-state index is 0.893. The molecule has 3 heteroatoms. The summed E-state index contributed by atoms with van der Waals surface area (Å²) < 4.78 is 1.94. The van der Waals surface area contributed by atoms with E-state index in [1.165, 1.54) is 5.56 Å². The Morgan fingerprint density at radius 3 is 2.61 bits per heavy atom. The predicted octanol–water partition coefficient (Wildman–Crippen LogP) is 3.24. The summed E-state index contributed by atoms with van der Waals surface area (Å²) >= 11 is 0. The van der Waals surface area contributed by atoms with Gasteiger partial charge in [-0.25, -0.2) is 9.97 Å². The van der Waals surface area contributed by atoms with Crippen LogP contribution in [0.15, 0.2) is 61.2 Å². The maximum atomic E-state index is 4.42. The molecule has 0 aliphatic heterocycles. The second-order valence-corrected chi connectivity index (χ2v) is 4.22. The summed E-state index contributed by atoms with van der Waals surface area (Å²) in [5.74, 6) is 0.893. The number of aryl methyl sites for hydroxylation is 1. The smallest absolute Gasteiger partial charge is 0.138 e. The number of hydrogen-bond acceptors (Lipinski definition) is 2. The van der Waals surface area contributed by atoms with Crippen molar-refractivity contribution in [1.82, 2.24) is 14.5 Å². The van der Waals surface area contributed by atoms with Crippen LogP contribution in [0.25, 0.3) is 17.1 Å². The number of hydrogen-bond donors (Lipinski definition) is 0. The van der Waals surface area contributed by atoms with Crippen LogP contribution in [0.1, 0.15) is 5.56 Å². The second-order valence-electron chi connectivity index (χ2n) is 4.22. The van der Waals surface area contributed by atoms with E-state index in [1.807, 2.05) is 47.3 Å². The SMILES string of the molecule is Cc1ccnc(-n2cnc(-c3ccccc3)c2)c1. The molecule has 1 aromatic carbocycles. The predicted molar refractivity (Wildman–Crippen MR) is 71.5 cm³/mol. The average Bonchev–Trinajstić information content (AvgIpc) is 2.89. The van der Waals surface area contributed by atoms with Crippen molar-refractivity contribution in [2.24, 2.45) is 0 Å². The fourth-order valence-electron chi connectivity index (χ4n) is 1.87. The number of rotatable bonds is 2. The molecule has 0 saturated heterocycles. The molecule has 0 unspecified atom stereocenters. The monoisotopic (exact) mass is 235 g/mol. The molecule has 2 aromatic heterocycles. The van der Waals surface area contributed by atoms with Crippen LogP contribution in [0.2, 0.25) is 0 Å². The van der Waals surface area contributed by atoms with Crippen LogP contribution >= 0.6 is 0 Å². The van der Waals surface area contributed by atoms with Gasteiger partial charge in [0.25, 0.3) is 0 Å². The molecule has 0 N–H and O–H groups in total. The zero-order valence-corrected chi connectivity index (χ0v) is 10.1. The highest BCUT2D eigenvalue weighted by atomic mass is 15.1. The first-order valence-corrected chi connectivity index (χ1v) is 5.85. The number of nitrogens with zero attached hydrogens (tertiary/aromatic N) is 3. The standard InChI is InChI=1S/C15H13N3/c1-12-7-8-16-15(9-12)18-10-14(17-11-18)13-5-3-2-4-6-13/h2-11H,1H3. The first-order valence-electron chi connectivity index (χ1n) is 5.85. The maximum Gasteiger partial charge on any atom is 0.138 e. The van der Waals surface area contributed by atoms with Gasteiger partial charge in [0.1, 0.15) is 12.1 Å². The quantitative estimate of drug-likeness (QED) is 0.682. The Hall–Kier alpha value is -2.42. The Kier molecular flexibility index (Phi) is 2.65. The van der Waals surface area contributed by atoms with Crippen LogP contribution in [0.4, 0.5) is 0 Å². The molecule has 0 fully saturated rings. The Morgan fingerprint density at radius 2 is 1.83 bits per heavy atom. The largest absolute Gasteiger partial charge is 0.290 e. The van der Waals surface area contributed by atoms with Crippen molar-refractivity contribution < 1.29 is 0 Å². The molecule has 0 bridgehead atoms. The molecule has 0 aliphatic rings. The lowest BCUT2D eigenvalue weighted by Gasteiger charge is -2.01. The minimum Gasteiger partial charge on any atom is -0.290 e. The van der Waals surface area contributed by atoms with Gasteiger partial charge in [-0.15, -0.1) is 0 Å². The van der Waals surface area contributed by atoms with Gasteiger partial charge < -0.3 is 0 Å². The highest BCUT2D eigenvalue weighted by molar-refractivity contribution is 5.58. The Labute approximate surface area is 106 Å². The van der Waals surface area contributed by atoms with Gasteiger partial charge in [-0.2, -0.15) is 0 Å². The molecule has 88 valence electrons. The first kappa shape index (κ1) is 10.7. The highest BCUT2D eigenvalue weighted by Crippen LogP contribution is 2.17. The molecule has 0 aliphatic carbocycles. The van der Waals surface area contributed by atoms with Gasteiger partial charge in [0.2, 0.25) is 0 Å². The molecule has 0 amide bonds. The number of benzene rings is 1. The van der Waals surface area contributed by atoms with Crippen molar-refractivity contribution in [3.8, 4) is 17.1 Å². The van der Waals surface area contributed by atoms with Crippen LogP contribution in [-0.2, 0) is 0 Å². The molecule has 0 spiro atoms.